The van der Waals surface area contributed by atoms with Crippen molar-refractivity contribution in [3.05, 3.63) is 71.7 Å². The Bertz CT molecular complexity index is 1320. The van der Waals surface area contributed by atoms with Gasteiger partial charge in [0.05, 0.1) is 6.61 Å². The number of benzene rings is 1. The van der Waals surface area contributed by atoms with Gasteiger partial charge < -0.3 is 25.5 Å². The van der Waals surface area contributed by atoms with Crippen molar-refractivity contribution in [1.82, 2.24) is 20.6 Å². The number of amidine groups is 1. The number of aliphatic carboxylic acids is 1. The van der Waals surface area contributed by atoms with Gasteiger partial charge >= 0.3 is 12.1 Å². The van der Waals surface area contributed by atoms with Crippen LogP contribution in [-0.2, 0) is 20.7 Å². The van der Waals surface area contributed by atoms with Crippen LogP contribution in [0.15, 0.2) is 65.5 Å². The van der Waals surface area contributed by atoms with Crippen molar-refractivity contribution in [2.24, 2.45) is 4.99 Å². The van der Waals surface area contributed by atoms with Gasteiger partial charge in [-0.25, -0.2) is 14.8 Å². The first-order valence-corrected chi connectivity index (χ1v) is 10.9. The molecule has 5 rings (SSSR count). The fourth-order valence-electron chi connectivity index (χ4n) is 3.86. The zero-order valence-electron chi connectivity index (χ0n) is 19.2. The van der Waals surface area contributed by atoms with Gasteiger partial charge in [0.15, 0.2) is 0 Å². The number of carboxylic acids is 1. The summed E-state index contributed by atoms with van der Waals surface area (Å²) in [5, 5.41) is 14.4. The van der Waals surface area contributed by atoms with E-state index >= 15 is 0 Å². The molecule has 3 aromatic rings. The molecule has 1 atom stereocenters. The molecule has 0 unspecified atom stereocenters. The van der Waals surface area contributed by atoms with Crippen LogP contribution in [0.25, 0.3) is 17.1 Å². The topological polar surface area (TPSA) is 129 Å². The molecule has 4 heterocycles. The van der Waals surface area contributed by atoms with E-state index in [0.717, 1.165) is 28.7 Å². The second-order valence-corrected chi connectivity index (χ2v) is 8.07. The summed E-state index contributed by atoms with van der Waals surface area (Å²) in [5.74, 6) is -2.42. The molecule has 0 radical (unpaired) electrons. The zero-order chi connectivity index (χ0) is 25.8. The van der Waals surface area contributed by atoms with E-state index in [1.165, 1.54) is 0 Å². The summed E-state index contributed by atoms with van der Waals surface area (Å²) in [4.78, 5) is 33.7. The number of carboxylic acid groups (broad SMARTS) is 1. The Labute approximate surface area is 215 Å². The molecule has 2 aromatic heterocycles. The minimum Gasteiger partial charge on any atom is -0.475 e. The van der Waals surface area contributed by atoms with Gasteiger partial charge in [-0.2, -0.15) is 13.2 Å². The predicted octanol–water partition coefficient (Wildman–Crippen LogP) is 3.09. The lowest BCUT2D eigenvalue weighted by Gasteiger charge is -2.37. The smallest absolute Gasteiger partial charge is 0.475 e. The number of aromatic nitrogens is 2. The number of rotatable bonds is 4. The zero-order valence-corrected chi connectivity index (χ0v) is 20.0. The molecule has 4 N–H and O–H groups in total. The quantitative estimate of drug-likeness (QED) is 0.379. The maximum Gasteiger partial charge on any atom is 0.490 e. The number of aliphatic imine (C=N–C) groups is 1. The molecule has 2 aliphatic rings. The monoisotopic (exact) mass is 537 g/mol. The minimum atomic E-state index is -5.08. The highest BCUT2D eigenvalue weighted by molar-refractivity contribution is 6.17. The lowest BCUT2D eigenvalue weighted by molar-refractivity contribution is -0.192. The Morgan fingerprint density at radius 3 is 2.57 bits per heavy atom. The first kappa shape index (κ1) is 27.8. The number of halogens is 4. The third-order valence-corrected chi connectivity index (χ3v) is 5.55. The Morgan fingerprint density at radius 1 is 1.19 bits per heavy atom. The van der Waals surface area contributed by atoms with Crippen LogP contribution in [0.2, 0.25) is 0 Å². The summed E-state index contributed by atoms with van der Waals surface area (Å²) < 4.78 is 37.9. The van der Waals surface area contributed by atoms with Gasteiger partial charge in [0.1, 0.15) is 22.8 Å². The third kappa shape index (κ3) is 6.53. The molecule has 1 fully saturated rings. The van der Waals surface area contributed by atoms with Crippen LogP contribution in [0.3, 0.4) is 0 Å². The molecule has 9 nitrogen and oxygen atoms in total. The SMILES string of the molecule is Cl.O=C(O)C(F)(F)F.O=C1NC([C@@]2(Cc3ccccc3)CNCCO2)=NC1=Cc1c[nH]c2ncccc12. The molecule has 37 heavy (non-hydrogen) atoms. The molecular weight excluding hydrogens is 515 g/mol. The Balaban J connectivity index is 0.000000422. The lowest BCUT2D eigenvalue weighted by atomic mass is 9.91. The van der Waals surface area contributed by atoms with Gasteiger partial charge in [-0.15, -0.1) is 12.4 Å². The van der Waals surface area contributed by atoms with Crippen molar-refractivity contribution in [3.63, 3.8) is 0 Å². The van der Waals surface area contributed by atoms with Crippen molar-refractivity contribution in [2.75, 3.05) is 19.7 Å². The molecule has 196 valence electrons. The largest absolute Gasteiger partial charge is 0.490 e. The van der Waals surface area contributed by atoms with Crippen molar-refractivity contribution in [2.45, 2.75) is 18.2 Å². The number of H-pyrrole nitrogens is 1. The normalized spacial score (nSPS) is 20.5. The minimum absolute atomic E-state index is 0. The summed E-state index contributed by atoms with van der Waals surface area (Å²) in [7, 11) is 0. The van der Waals surface area contributed by atoms with Crippen LogP contribution >= 0.6 is 12.4 Å². The van der Waals surface area contributed by atoms with E-state index in [1.54, 1.807) is 12.3 Å². The molecule has 13 heteroatoms. The lowest BCUT2D eigenvalue weighted by Crippen LogP contribution is -2.59. The number of carbonyl (C=O) groups is 2. The number of morpholine rings is 1. The summed E-state index contributed by atoms with van der Waals surface area (Å²) in [5.41, 5.74) is 2.46. The maximum atomic E-state index is 12.7. The van der Waals surface area contributed by atoms with Crippen LogP contribution in [-0.4, -0.2) is 64.3 Å². The molecule has 1 amide bonds. The number of hydrogen-bond donors (Lipinski definition) is 4. The van der Waals surface area contributed by atoms with Crippen molar-refractivity contribution >= 4 is 47.2 Å². The first-order chi connectivity index (χ1) is 17.2. The second-order valence-electron chi connectivity index (χ2n) is 8.07. The van der Waals surface area contributed by atoms with Crippen LogP contribution in [0, 0.1) is 0 Å². The highest BCUT2D eigenvalue weighted by Crippen LogP contribution is 2.26. The molecule has 0 bridgehead atoms. The predicted molar refractivity (Wildman–Crippen MR) is 132 cm³/mol. The van der Waals surface area contributed by atoms with Gasteiger partial charge in [-0.1, -0.05) is 30.3 Å². The molecule has 1 aromatic carbocycles. The average Bonchev–Trinajstić information content (AvgIpc) is 3.44. The Hall–Kier alpha value is -3.74. The van der Waals surface area contributed by atoms with Crippen molar-refractivity contribution < 1.29 is 32.6 Å². The fraction of sp³-hybridized carbons (Fsp3) is 0.250. The number of fused-ring (bicyclic) bond motifs is 1. The van der Waals surface area contributed by atoms with E-state index < -0.39 is 17.7 Å². The summed E-state index contributed by atoms with van der Waals surface area (Å²) in [6.07, 6.45) is 0.901. The van der Waals surface area contributed by atoms with Crippen molar-refractivity contribution in [3.8, 4) is 0 Å². The number of carbonyl (C=O) groups excluding carboxylic acids is 1. The highest BCUT2D eigenvalue weighted by Gasteiger charge is 2.43. The van der Waals surface area contributed by atoms with Gasteiger partial charge in [0, 0.05) is 42.9 Å². The Morgan fingerprint density at radius 2 is 1.92 bits per heavy atom. The van der Waals surface area contributed by atoms with Gasteiger partial charge in [0.25, 0.3) is 5.91 Å². The average molecular weight is 538 g/mol. The maximum absolute atomic E-state index is 12.7. The van der Waals surface area contributed by atoms with E-state index in [2.05, 4.69) is 37.7 Å². The third-order valence-electron chi connectivity index (χ3n) is 5.55. The van der Waals surface area contributed by atoms with E-state index in [-0.39, 0.29) is 18.3 Å². The van der Waals surface area contributed by atoms with Crippen molar-refractivity contribution in [1.29, 1.82) is 0 Å². The van der Waals surface area contributed by atoms with E-state index in [1.807, 2.05) is 36.5 Å². The van der Waals surface area contributed by atoms with Gasteiger partial charge in [0.2, 0.25) is 0 Å². The molecule has 0 saturated carbocycles. The Kier molecular flexibility index (Phi) is 8.69. The van der Waals surface area contributed by atoms with Gasteiger partial charge in [-0.05, 0) is 23.8 Å². The number of hydrogen-bond acceptors (Lipinski definition) is 6. The van der Waals surface area contributed by atoms with E-state index in [9.17, 15) is 18.0 Å². The van der Waals surface area contributed by atoms with Crippen LogP contribution in [0.4, 0.5) is 13.2 Å². The molecule has 2 aliphatic heterocycles. The number of nitrogens with one attached hydrogen (secondary N) is 3. The van der Waals surface area contributed by atoms with E-state index in [4.69, 9.17) is 14.6 Å². The van der Waals surface area contributed by atoms with Gasteiger partial charge in [-0.3, -0.25) is 4.79 Å². The number of amides is 1. The first-order valence-electron chi connectivity index (χ1n) is 10.9. The summed E-state index contributed by atoms with van der Waals surface area (Å²) >= 11 is 0. The highest BCUT2D eigenvalue weighted by atomic mass is 35.5. The van der Waals surface area contributed by atoms with Crippen LogP contribution in [0.5, 0.6) is 0 Å². The van der Waals surface area contributed by atoms with Crippen LogP contribution in [0.1, 0.15) is 11.1 Å². The number of ether oxygens (including phenoxy) is 1. The number of alkyl halides is 3. The van der Waals surface area contributed by atoms with E-state index in [0.29, 0.717) is 31.1 Å². The summed E-state index contributed by atoms with van der Waals surface area (Å²) in [6, 6.07) is 14.0. The number of nitrogens with zero attached hydrogens (tertiary/aromatic N) is 2. The number of pyridine rings is 1. The molecular formula is C24H23ClF3N5O4. The fourth-order valence-corrected chi connectivity index (χ4v) is 3.86. The number of aromatic amines is 1. The molecule has 0 spiro atoms. The second kappa shape index (κ2) is 11.5. The molecule has 1 saturated heterocycles. The summed E-state index contributed by atoms with van der Waals surface area (Å²) in [6.45, 7) is 1.93. The standard InChI is InChI=1S/C22H21N5O2.C2HF3O2.ClH/c28-20-18(11-16-13-25-19-17(16)7-4-8-24-19)26-21(27-20)22(14-23-9-10-29-22)12-15-5-2-1-3-6-15;3-2(4,5)1(6)7;/h1-8,11,13,23H,9-10,12,14H2,(H,24,25)(H,26,27,28);(H,6,7);1H/t22-;;/m1../s1. The van der Waals surface area contributed by atoms with Crippen LogP contribution < -0.4 is 10.6 Å². The molecule has 0 aliphatic carbocycles.